The normalized spacial score (nSPS) is 23.6. The third-order valence-electron chi connectivity index (χ3n) is 6.00. The van der Waals surface area contributed by atoms with Crippen molar-refractivity contribution in [2.24, 2.45) is 0 Å². The molecule has 4 heterocycles. The fourth-order valence-electron chi connectivity index (χ4n) is 4.26. The number of benzene rings is 1. The zero-order valence-electron chi connectivity index (χ0n) is 16.9. The van der Waals surface area contributed by atoms with Gasteiger partial charge in [-0.2, -0.15) is 0 Å². The topological polar surface area (TPSA) is 84.0 Å². The average Bonchev–Trinajstić information content (AvgIpc) is 2.73. The van der Waals surface area contributed by atoms with Gasteiger partial charge in [0.15, 0.2) is 0 Å². The quantitative estimate of drug-likeness (QED) is 0.790. The number of likely N-dealkylation sites (tertiary alicyclic amines) is 2. The number of carbonyl (C=O) groups is 2. The lowest BCUT2D eigenvalue weighted by Gasteiger charge is -2.46. The van der Waals surface area contributed by atoms with E-state index in [2.05, 4.69) is 10.3 Å². The van der Waals surface area contributed by atoms with Gasteiger partial charge >= 0.3 is 6.03 Å². The van der Waals surface area contributed by atoms with E-state index in [0.717, 1.165) is 12.0 Å². The first-order valence-electron chi connectivity index (χ1n) is 10.4. The summed E-state index contributed by atoms with van der Waals surface area (Å²) in [6.45, 7) is 2.56. The zero-order valence-corrected chi connectivity index (χ0v) is 17.6. The Morgan fingerprint density at radius 3 is 2.84 bits per heavy atom. The van der Waals surface area contributed by atoms with Crippen LogP contribution in [0.1, 0.15) is 17.9 Å². The lowest BCUT2D eigenvalue weighted by Crippen LogP contribution is -2.63. The van der Waals surface area contributed by atoms with Crippen LogP contribution in [-0.2, 0) is 9.53 Å². The van der Waals surface area contributed by atoms with Crippen LogP contribution in [0, 0.1) is 0 Å². The number of ether oxygens (including phenoxy) is 2. The van der Waals surface area contributed by atoms with Crippen LogP contribution in [0.3, 0.4) is 0 Å². The number of carbonyl (C=O) groups excluding carboxylic acids is 2. The maximum atomic E-state index is 12.9. The maximum absolute atomic E-state index is 12.9. The van der Waals surface area contributed by atoms with Gasteiger partial charge < -0.3 is 24.6 Å². The minimum absolute atomic E-state index is 0.00427. The van der Waals surface area contributed by atoms with Crippen molar-refractivity contribution in [1.29, 1.82) is 0 Å². The molecule has 1 N–H and O–H groups in total. The van der Waals surface area contributed by atoms with E-state index >= 15 is 0 Å². The summed E-state index contributed by atoms with van der Waals surface area (Å²) in [4.78, 5) is 32.5. The molecule has 8 nitrogen and oxygen atoms in total. The highest BCUT2D eigenvalue weighted by Gasteiger charge is 2.40. The Morgan fingerprint density at radius 2 is 2.06 bits per heavy atom. The number of piperidine rings is 1. The highest BCUT2D eigenvalue weighted by atomic mass is 35.5. The Kier molecular flexibility index (Phi) is 5.41. The van der Waals surface area contributed by atoms with E-state index in [1.165, 1.54) is 0 Å². The number of hydrogen-bond acceptors (Lipinski definition) is 5. The molecule has 1 aromatic carbocycles. The van der Waals surface area contributed by atoms with E-state index in [-0.39, 0.29) is 36.6 Å². The molecule has 0 bridgehead atoms. The second kappa shape index (κ2) is 8.36. The van der Waals surface area contributed by atoms with Gasteiger partial charge in [0.2, 0.25) is 11.8 Å². The molecule has 5 rings (SSSR count). The van der Waals surface area contributed by atoms with Gasteiger partial charge in [0.05, 0.1) is 12.1 Å². The number of halogens is 1. The van der Waals surface area contributed by atoms with Crippen molar-refractivity contribution in [3.05, 3.63) is 53.2 Å². The summed E-state index contributed by atoms with van der Waals surface area (Å²) < 4.78 is 11.3. The Labute approximate surface area is 185 Å². The van der Waals surface area contributed by atoms with Crippen molar-refractivity contribution >= 4 is 23.5 Å². The Balaban J connectivity index is 1.13. The van der Waals surface area contributed by atoms with E-state index < -0.39 is 0 Å². The number of fused-ring (bicyclic) bond motifs is 1. The first-order chi connectivity index (χ1) is 15.0. The molecule has 0 unspecified atom stereocenters. The molecule has 3 saturated heterocycles. The van der Waals surface area contributed by atoms with Crippen molar-refractivity contribution in [2.75, 3.05) is 32.8 Å². The lowest BCUT2D eigenvalue weighted by atomic mass is 9.93. The van der Waals surface area contributed by atoms with Crippen molar-refractivity contribution in [3.8, 4) is 11.6 Å². The van der Waals surface area contributed by atoms with Crippen LogP contribution >= 0.6 is 11.6 Å². The Morgan fingerprint density at radius 1 is 1.19 bits per heavy atom. The molecule has 2 atom stereocenters. The van der Waals surface area contributed by atoms with E-state index in [4.69, 9.17) is 21.1 Å². The number of morpholine rings is 1. The SMILES string of the molecule is O=C1CO[C@H]2CCN(C(=O)N3CC(c4ccc(Oc5cccc(Cl)c5)nc4)C3)C[C@H]2N1. The van der Waals surface area contributed by atoms with Crippen LogP contribution < -0.4 is 10.1 Å². The third-order valence-corrected chi connectivity index (χ3v) is 6.23. The average molecular weight is 443 g/mol. The molecule has 3 fully saturated rings. The van der Waals surface area contributed by atoms with E-state index in [1.54, 1.807) is 18.3 Å². The number of pyridine rings is 1. The minimum atomic E-state index is -0.118. The Hall–Kier alpha value is -2.84. The number of hydrogen-bond donors (Lipinski definition) is 1. The predicted octanol–water partition coefficient (Wildman–Crippen LogP) is 2.64. The van der Waals surface area contributed by atoms with Crippen LogP contribution in [0.15, 0.2) is 42.6 Å². The van der Waals surface area contributed by atoms with E-state index in [0.29, 0.717) is 42.8 Å². The highest BCUT2D eigenvalue weighted by molar-refractivity contribution is 6.30. The Bertz CT molecular complexity index is 980. The van der Waals surface area contributed by atoms with Crippen LogP contribution in [-0.4, -0.2) is 71.7 Å². The van der Waals surface area contributed by atoms with Gasteiger partial charge in [0, 0.05) is 49.4 Å². The predicted molar refractivity (Wildman–Crippen MR) is 113 cm³/mol. The molecule has 0 spiro atoms. The maximum Gasteiger partial charge on any atom is 0.320 e. The monoisotopic (exact) mass is 442 g/mol. The summed E-state index contributed by atoms with van der Waals surface area (Å²) >= 11 is 5.98. The zero-order chi connectivity index (χ0) is 21.4. The molecule has 3 aliphatic rings. The first kappa shape index (κ1) is 20.1. The number of urea groups is 1. The molecule has 0 aliphatic carbocycles. The number of rotatable bonds is 3. The second-order valence-electron chi connectivity index (χ2n) is 8.13. The van der Waals surface area contributed by atoms with Crippen molar-refractivity contribution in [1.82, 2.24) is 20.1 Å². The molecule has 31 heavy (non-hydrogen) atoms. The fraction of sp³-hybridized carbons (Fsp3) is 0.409. The van der Waals surface area contributed by atoms with Crippen molar-refractivity contribution in [3.63, 3.8) is 0 Å². The highest BCUT2D eigenvalue weighted by Crippen LogP contribution is 2.30. The number of aromatic nitrogens is 1. The molecule has 3 aliphatic heterocycles. The molecule has 9 heteroatoms. The second-order valence-corrected chi connectivity index (χ2v) is 8.57. The van der Waals surface area contributed by atoms with Gasteiger partial charge in [-0.05, 0) is 30.2 Å². The van der Waals surface area contributed by atoms with Gasteiger partial charge in [0.1, 0.15) is 12.4 Å². The largest absolute Gasteiger partial charge is 0.439 e. The molecule has 3 amide bonds. The van der Waals surface area contributed by atoms with Crippen LogP contribution in [0.25, 0.3) is 0 Å². The summed E-state index contributed by atoms with van der Waals surface area (Å²) in [6, 6.07) is 10.9. The number of amides is 3. The van der Waals surface area contributed by atoms with Crippen molar-refractivity contribution in [2.45, 2.75) is 24.5 Å². The molecule has 0 saturated carbocycles. The van der Waals surface area contributed by atoms with Crippen LogP contribution in [0.4, 0.5) is 4.79 Å². The number of nitrogens with zero attached hydrogens (tertiary/aromatic N) is 3. The summed E-state index contributed by atoms with van der Waals surface area (Å²) in [5.41, 5.74) is 1.08. The van der Waals surface area contributed by atoms with Crippen LogP contribution in [0.2, 0.25) is 5.02 Å². The first-order valence-corrected chi connectivity index (χ1v) is 10.8. The van der Waals surface area contributed by atoms with Gasteiger partial charge in [-0.25, -0.2) is 9.78 Å². The molecule has 162 valence electrons. The smallest absolute Gasteiger partial charge is 0.320 e. The molecular formula is C22H23ClN4O4. The molecular weight excluding hydrogens is 420 g/mol. The van der Waals surface area contributed by atoms with Gasteiger partial charge in [0.25, 0.3) is 0 Å². The molecule has 2 aromatic rings. The van der Waals surface area contributed by atoms with Gasteiger partial charge in [-0.3, -0.25) is 4.79 Å². The van der Waals surface area contributed by atoms with Gasteiger partial charge in [-0.1, -0.05) is 23.7 Å². The lowest BCUT2D eigenvalue weighted by molar-refractivity contribution is -0.139. The van der Waals surface area contributed by atoms with E-state index in [9.17, 15) is 9.59 Å². The fourth-order valence-corrected chi connectivity index (χ4v) is 4.44. The van der Waals surface area contributed by atoms with Gasteiger partial charge in [-0.15, -0.1) is 0 Å². The molecule has 0 radical (unpaired) electrons. The van der Waals surface area contributed by atoms with Crippen LogP contribution in [0.5, 0.6) is 11.6 Å². The number of nitrogens with one attached hydrogen (secondary N) is 1. The standard InChI is InChI=1S/C22H23ClN4O4/c23-16-2-1-3-17(8-16)31-21-5-4-14(9-24-21)15-10-27(11-15)22(29)26-7-6-19-18(12-26)25-20(28)13-30-19/h1-5,8-9,15,18-19H,6-7,10-13H2,(H,25,28)/t18-,19+/m1/s1. The summed E-state index contributed by atoms with van der Waals surface area (Å²) in [6.07, 6.45) is 2.54. The third kappa shape index (κ3) is 4.31. The van der Waals surface area contributed by atoms with Crippen molar-refractivity contribution < 1.29 is 19.1 Å². The summed E-state index contributed by atoms with van der Waals surface area (Å²) in [7, 11) is 0. The summed E-state index contributed by atoms with van der Waals surface area (Å²) in [5.74, 6) is 1.27. The minimum Gasteiger partial charge on any atom is -0.439 e. The van der Waals surface area contributed by atoms with E-state index in [1.807, 2.05) is 34.1 Å². The summed E-state index contributed by atoms with van der Waals surface area (Å²) in [5, 5.41) is 3.54. The molecule has 1 aromatic heterocycles.